The fourth-order valence-corrected chi connectivity index (χ4v) is 6.08. The molecule has 6 rings (SSSR count). The van der Waals surface area contributed by atoms with Crippen LogP contribution in [0.25, 0.3) is 5.65 Å². The van der Waals surface area contributed by atoms with Gasteiger partial charge in [-0.1, -0.05) is 11.6 Å². The molecule has 1 saturated carbocycles. The predicted molar refractivity (Wildman–Crippen MR) is 159 cm³/mol. The van der Waals surface area contributed by atoms with E-state index in [2.05, 4.69) is 53.0 Å². The van der Waals surface area contributed by atoms with Gasteiger partial charge in [0.1, 0.15) is 6.07 Å². The molecule has 0 unspecified atom stereocenters. The molecule has 43 heavy (non-hydrogen) atoms. The van der Waals surface area contributed by atoms with Crippen LogP contribution in [-0.2, 0) is 9.47 Å². The van der Waals surface area contributed by atoms with E-state index in [9.17, 15) is 15.3 Å². The molecule has 0 spiro atoms. The smallest absolute Gasteiger partial charge is 0.407 e. The number of carbonyl (C=O) groups is 1. The van der Waals surface area contributed by atoms with Gasteiger partial charge >= 0.3 is 6.09 Å². The van der Waals surface area contributed by atoms with E-state index in [4.69, 9.17) is 21.1 Å². The number of hydrogen-bond acceptors (Lipinski definition) is 12. The third-order valence-electron chi connectivity index (χ3n) is 8.23. The van der Waals surface area contributed by atoms with Gasteiger partial charge in [-0.05, 0) is 37.8 Å². The summed E-state index contributed by atoms with van der Waals surface area (Å²) in [6.07, 6.45) is 4.73. The van der Waals surface area contributed by atoms with Crippen LogP contribution in [0.15, 0.2) is 18.3 Å². The number of alkyl carbamates (subject to hydrolysis) is 1. The minimum atomic E-state index is -0.462. The molecular formula is C28H32ClN11O3. The van der Waals surface area contributed by atoms with E-state index >= 15 is 0 Å². The van der Waals surface area contributed by atoms with Gasteiger partial charge in [-0.15, -0.1) is 5.10 Å². The first kappa shape index (κ1) is 28.7. The van der Waals surface area contributed by atoms with E-state index in [0.717, 1.165) is 51.0 Å². The van der Waals surface area contributed by atoms with Crippen LogP contribution >= 0.6 is 11.6 Å². The maximum atomic E-state index is 11.8. The molecule has 3 N–H and O–H groups in total. The van der Waals surface area contributed by atoms with Crippen LogP contribution < -0.4 is 20.9 Å². The molecule has 2 aromatic heterocycles. The van der Waals surface area contributed by atoms with Crippen molar-refractivity contribution in [1.29, 1.82) is 10.5 Å². The Kier molecular flexibility index (Phi) is 8.08. The van der Waals surface area contributed by atoms with Gasteiger partial charge in [0.15, 0.2) is 17.2 Å². The summed E-state index contributed by atoms with van der Waals surface area (Å²) in [5, 5.41) is 33.7. The standard InChI is InChI=1S/C28H32ClN11O3/c1-42-23-15-39(14-21(23)35-28(41)43-2)18-5-7-38(8-6-18)22-10-16(11-30)9-20(24(22)29)34-27-36-25(33-17-3-4-17)26-32-13-19(12-31)40(26)37-27/h9-10,13,17-18,21,23H,3-8,14-15H2,1-2H3,(H,35,41)(H2,33,34,36,37)/t21-,23+/m0/s1. The molecule has 1 aliphatic carbocycles. The van der Waals surface area contributed by atoms with Crippen molar-refractivity contribution in [2.45, 2.75) is 49.9 Å². The summed E-state index contributed by atoms with van der Waals surface area (Å²) in [5.74, 6) is 0.752. The van der Waals surface area contributed by atoms with Gasteiger partial charge < -0.3 is 30.3 Å². The van der Waals surface area contributed by atoms with E-state index in [0.29, 0.717) is 46.4 Å². The number of anilines is 4. The Morgan fingerprint density at radius 1 is 1.12 bits per heavy atom. The molecule has 3 aromatic rings. The van der Waals surface area contributed by atoms with Gasteiger partial charge in [0.05, 0.1) is 53.5 Å². The molecule has 0 bridgehead atoms. The lowest BCUT2D eigenvalue weighted by Crippen LogP contribution is -2.46. The first-order valence-electron chi connectivity index (χ1n) is 14.2. The average molecular weight is 606 g/mol. The number of imidazole rings is 1. The van der Waals surface area contributed by atoms with Gasteiger partial charge in [-0.3, -0.25) is 4.90 Å². The summed E-state index contributed by atoms with van der Waals surface area (Å²) in [6, 6.07) is 8.30. The van der Waals surface area contributed by atoms with Crippen LogP contribution in [0.4, 0.5) is 27.9 Å². The van der Waals surface area contributed by atoms with Crippen LogP contribution in [-0.4, -0.2) is 95.2 Å². The highest BCUT2D eigenvalue weighted by Gasteiger charge is 2.38. The molecule has 1 amide bonds. The lowest BCUT2D eigenvalue weighted by Gasteiger charge is -2.38. The van der Waals surface area contributed by atoms with Crippen LogP contribution in [0.5, 0.6) is 0 Å². The van der Waals surface area contributed by atoms with Crippen molar-refractivity contribution < 1.29 is 14.3 Å². The molecule has 2 atom stereocenters. The summed E-state index contributed by atoms with van der Waals surface area (Å²) < 4.78 is 11.9. The average Bonchev–Trinajstić information content (AvgIpc) is 3.59. The molecule has 4 heterocycles. The zero-order valence-corrected chi connectivity index (χ0v) is 24.6. The van der Waals surface area contributed by atoms with E-state index < -0.39 is 6.09 Å². The molecule has 2 aliphatic heterocycles. The number of amides is 1. The number of benzene rings is 1. The van der Waals surface area contributed by atoms with Crippen molar-refractivity contribution in [3.05, 3.63) is 34.6 Å². The summed E-state index contributed by atoms with van der Waals surface area (Å²) >= 11 is 6.96. The van der Waals surface area contributed by atoms with Crippen LogP contribution in [0.1, 0.15) is 36.9 Å². The van der Waals surface area contributed by atoms with Crippen molar-refractivity contribution in [1.82, 2.24) is 29.8 Å². The van der Waals surface area contributed by atoms with Gasteiger partial charge in [-0.25, -0.2) is 9.78 Å². The number of nitrogens with zero attached hydrogens (tertiary/aromatic N) is 8. The van der Waals surface area contributed by atoms with Crippen molar-refractivity contribution in [3.63, 3.8) is 0 Å². The maximum Gasteiger partial charge on any atom is 0.407 e. The first-order chi connectivity index (χ1) is 20.9. The second-order valence-corrected chi connectivity index (χ2v) is 11.4. The largest absolute Gasteiger partial charge is 0.453 e. The van der Waals surface area contributed by atoms with E-state index in [-0.39, 0.29) is 23.8 Å². The SMILES string of the molecule is COC(=O)N[C@H]1CN(C2CCN(c3cc(C#N)cc(Nc4nc(NC5CC5)c5ncc(C#N)n5n4)c3Cl)CC2)C[C@H]1OC. The summed E-state index contributed by atoms with van der Waals surface area (Å²) in [6.45, 7) is 2.88. The number of nitrogens with one attached hydrogen (secondary N) is 3. The van der Waals surface area contributed by atoms with Crippen molar-refractivity contribution in [2.75, 3.05) is 55.9 Å². The van der Waals surface area contributed by atoms with Crippen LogP contribution in [0.3, 0.4) is 0 Å². The molecule has 14 nitrogen and oxygen atoms in total. The van der Waals surface area contributed by atoms with E-state index in [1.807, 2.05) is 0 Å². The number of piperidine rings is 1. The Bertz CT molecular complexity index is 1600. The number of nitriles is 2. The predicted octanol–water partition coefficient (Wildman–Crippen LogP) is 2.86. The highest BCUT2D eigenvalue weighted by Crippen LogP contribution is 2.38. The molecule has 3 aliphatic rings. The number of carbonyl (C=O) groups excluding carboxylic acids is 1. The summed E-state index contributed by atoms with van der Waals surface area (Å²) in [7, 11) is 3.01. The topological polar surface area (TPSA) is 169 Å². The summed E-state index contributed by atoms with van der Waals surface area (Å²) in [4.78, 5) is 25.3. The normalized spacial score (nSPS) is 20.9. The van der Waals surface area contributed by atoms with Crippen molar-refractivity contribution >= 4 is 46.5 Å². The zero-order chi connectivity index (χ0) is 30.1. The Hall–Kier alpha value is -4.37. The summed E-state index contributed by atoms with van der Waals surface area (Å²) in [5.41, 5.74) is 2.44. The Morgan fingerprint density at radius 3 is 2.58 bits per heavy atom. The monoisotopic (exact) mass is 605 g/mol. The third-order valence-corrected chi connectivity index (χ3v) is 8.63. The van der Waals surface area contributed by atoms with Crippen molar-refractivity contribution in [3.8, 4) is 12.1 Å². The number of ether oxygens (including phenoxy) is 2. The number of methoxy groups -OCH3 is 2. The molecule has 224 valence electrons. The zero-order valence-electron chi connectivity index (χ0n) is 23.9. The highest BCUT2D eigenvalue weighted by atomic mass is 35.5. The Morgan fingerprint density at radius 2 is 1.91 bits per heavy atom. The quantitative estimate of drug-likeness (QED) is 0.344. The fraction of sp³-hybridized carbons (Fsp3) is 0.500. The number of hydrogen-bond donors (Lipinski definition) is 3. The van der Waals surface area contributed by atoms with Gasteiger partial charge in [0, 0.05) is 45.4 Å². The molecule has 0 radical (unpaired) electrons. The second kappa shape index (κ2) is 12.1. The second-order valence-electron chi connectivity index (χ2n) is 11.0. The minimum absolute atomic E-state index is 0.111. The van der Waals surface area contributed by atoms with E-state index in [1.165, 1.54) is 17.8 Å². The molecule has 3 fully saturated rings. The molecule has 1 aromatic carbocycles. The number of aromatic nitrogens is 4. The number of likely N-dealkylation sites (tertiary alicyclic amines) is 1. The van der Waals surface area contributed by atoms with Crippen molar-refractivity contribution in [2.24, 2.45) is 0 Å². The Balaban J connectivity index is 1.20. The Labute approximate surface area is 253 Å². The lowest BCUT2D eigenvalue weighted by molar-refractivity contribution is 0.0815. The fourth-order valence-electron chi connectivity index (χ4n) is 5.80. The van der Waals surface area contributed by atoms with Crippen LogP contribution in [0.2, 0.25) is 5.02 Å². The van der Waals surface area contributed by atoms with E-state index in [1.54, 1.807) is 19.2 Å². The third kappa shape index (κ3) is 5.95. The van der Waals surface area contributed by atoms with Gasteiger partial charge in [0.2, 0.25) is 5.95 Å². The number of rotatable bonds is 8. The molecule has 15 heteroatoms. The van der Waals surface area contributed by atoms with Crippen LogP contribution in [0, 0.1) is 22.7 Å². The number of halogens is 1. The maximum absolute atomic E-state index is 11.8. The van der Waals surface area contributed by atoms with Gasteiger partial charge in [0.25, 0.3) is 0 Å². The molecular weight excluding hydrogens is 574 g/mol. The van der Waals surface area contributed by atoms with Gasteiger partial charge in [-0.2, -0.15) is 20.0 Å². The highest BCUT2D eigenvalue weighted by molar-refractivity contribution is 6.36. The minimum Gasteiger partial charge on any atom is -0.453 e. The number of fused-ring (bicyclic) bond motifs is 1. The first-order valence-corrected chi connectivity index (χ1v) is 14.6. The lowest BCUT2D eigenvalue weighted by atomic mass is 10.0. The molecule has 2 saturated heterocycles.